The zero-order chi connectivity index (χ0) is 16.0. The molecule has 6 heteroatoms. The van der Waals surface area contributed by atoms with Crippen molar-refractivity contribution in [2.45, 2.75) is 26.7 Å². The van der Waals surface area contributed by atoms with Crippen LogP contribution in [0.25, 0.3) is 0 Å². The van der Waals surface area contributed by atoms with E-state index in [0.717, 1.165) is 10.9 Å². The Bertz CT molecular complexity index is 518. The van der Waals surface area contributed by atoms with Crippen molar-refractivity contribution in [3.05, 3.63) is 28.2 Å². The van der Waals surface area contributed by atoms with Gasteiger partial charge in [0.15, 0.2) is 0 Å². The number of anilines is 1. The summed E-state index contributed by atoms with van der Waals surface area (Å²) in [6.07, 6.45) is 0.912. The minimum absolute atomic E-state index is 0.00636. The Kier molecular flexibility index (Phi) is 6.68. The molecular weight excluding hydrogens is 336 g/mol. The van der Waals surface area contributed by atoms with Gasteiger partial charge in [-0.15, -0.1) is 0 Å². The van der Waals surface area contributed by atoms with Crippen LogP contribution >= 0.6 is 15.9 Å². The standard InChI is InChI=1S/C15H21BrN2O3/c1-9(2)5-10(6-14(19)20)8-18-13-4-3-11(16)7-12(13)15(17)21/h3-4,7,9-10,18H,5-6,8H2,1-2H3,(H2,17,21)(H,19,20). The van der Waals surface area contributed by atoms with E-state index in [2.05, 4.69) is 35.1 Å². The third kappa shape index (κ3) is 6.16. The molecule has 1 atom stereocenters. The predicted molar refractivity (Wildman–Crippen MR) is 86.3 cm³/mol. The van der Waals surface area contributed by atoms with Crippen molar-refractivity contribution in [3.63, 3.8) is 0 Å². The van der Waals surface area contributed by atoms with Gasteiger partial charge in [-0.05, 0) is 36.5 Å². The quantitative estimate of drug-likeness (QED) is 0.667. The number of rotatable bonds is 8. The van der Waals surface area contributed by atoms with Crippen LogP contribution in [-0.4, -0.2) is 23.5 Å². The number of primary amides is 1. The summed E-state index contributed by atoms with van der Waals surface area (Å²) < 4.78 is 0.770. The third-order valence-corrected chi connectivity index (χ3v) is 3.59. The number of carboxylic acid groups (broad SMARTS) is 1. The van der Waals surface area contributed by atoms with Gasteiger partial charge in [0.25, 0.3) is 5.91 Å². The first-order valence-electron chi connectivity index (χ1n) is 6.84. The summed E-state index contributed by atoms with van der Waals surface area (Å²) in [4.78, 5) is 22.4. The van der Waals surface area contributed by atoms with E-state index in [1.165, 1.54) is 0 Å². The molecule has 0 bridgehead atoms. The van der Waals surface area contributed by atoms with Crippen molar-refractivity contribution in [1.82, 2.24) is 0 Å². The lowest BCUT2D eigenvalue weighted by Gasteiger charge is -2.19. The number of nitrogens with two attached hydrogens (primary N) is 1. The summed E-state index contributed by atoms with van der Waals surface area (Å²) >= 11 is 3.30. The van der Waals surface area contributed by atoms with Crippen molar-refractivity contribution in [3.8, 4) is 0 Å². The first-order chi connectivity index (χ1) is 9.79. The predicted octanol–water partition coefficient (Wildman–Crippen LogP) is 3.10. The molecular formula is C15H21BrN2O3. The molecule has 0 heterocycles. The average Bonchev–Trinajstić information content (AvgIpc) is 2.35. The molecule has 1 rings (SSSR count). The van der Waals surface area contributed by atoms with Crippen LogP contribution in [0, 0.1) is 11.8 Å². The van der Waals surface area contributed by atoms with Crippen LogP contribution in [0.3, 0.4) is 0 Å². The number of carboxylic acids is 1. The molecule has 21 heavy (non-hydrogen) atoms. The van der Waals surface area contributed by atoms with Gasteiger partial charge in [-0.25, -0.2) is 0 Å². The Morgan fingerprint density at radius 2 is 2.05 bits per heavy atom. The average molecular weight is 357 g/mol. The van der Waals surface area contributed by atoms with Crippen molar-refractivity contribution in [2.75, 3.05) is 11.9 Å². The SMILES string of the molecule is CC(C)CC(CNc1ccc(Br)cc1C(N)=O)CC(=O)O. The third-order valence-electron chi connectivity index (χ3n) is 3.10. The number of benzene rings is 1. The van der Waals surface area contributed by atoms with Crippen LogP contribution < -0.4 is 11.1 Å². The number of carbonyl (C=O) groups excluding carboxylic acids is 1. The molecule has 0 saturated heterocycles. The van der Waals surface area contributed by atoms with E-state index < -0.39 is 11.9 Å². The molecule has 0 aromatic heterocycles. The van der Waals surface area contributed by atoms with E-state index in [1.807, 2.05) is 6.07 Å². The molecule has 0 aliphatic heterocycles. The molecule has 116 valence electrons. The molecule has 4 N–H and O–H groups in total. The summed E-state index contributed by atoms with van der Waals surface area (Å²) in [5, 5.41) is 12.1. The summed E-state index contributed by atoms with van der Waals surface area (Å²) in [6.45, 7) is 4.61. The second-order valence-corrected chi connectivity index (χ2v) is 6.44. The number of aliphatic carboxylic acids is 1. The molecule has 1 aromatic rings. The molecule has 0 spiro atoms. The monoisotopic (exact) mass is 356 g/mol. The zero-order valence-corrected chi connectivity index (χ0v) is 13.8. The molecule has 1 amide bonds. The topological polar surface area (TPSA) is 92.4 Å². The van der Waals surface area contributed by atoms with Gasteiger partial charge in [0.05, 0.1) is 5.56 Å². The molecule has 0 radical (unpaired) electrons. The molecule has 0 fully saturated rings. The normalized spacial score (nSPS) is 12.2. The van der Waals surface area contributed by atoms with E-state index in [0.29, 0.717) is 23.7 Å². The highest BCUT2D eigenvalue weighted by molar-refractivity contribution is 9.10. The summed E-state index contributed by atoms with van der Waals surface area (Å²) in [7, 11) is 0. The van der Waals surface area contributed by atoms with Gasteiger partial charge in [0.2, 0.25) is 0 Å². The number of hydrogen-bond acceptors (Lipinski definition) is 3. The van der Waals surface area contributed by atoms with E-state index in [9.17, 15) is 9.59 Å². The van der Waals surface area contributed by atoms with Crippen LogP contribution in [-0.2, 0) is 4.79 Å². The molecule has 1 unspecified atom stereocenters. The van der Waals surface area contributed by atoms with E-state index in [1.54, 1.807) is 12.1 Å². The fourth-order valence-corrected chi connectivity index (χ4v) is 2.64. The summed E-state index contributed by atoms with van der Waals surface area (Å²) in [6, 6.07) is 5.22. The van der Waals surface area contributed by atoms with E-state index in [-0.39, 0.29) is 12.3 Å². The van der Waals surface area contributed by atoms with Gasteiger partial charge in [-0.3, -0.25) is 9.59 Å². The lowest BCUT2D eigenvalue weighted by molar-refractivity contribution is -0.138. The van der Waals surface area contributed by atoms with Crippen LogP contribution in [0.5, 0.6) is 0 Å². The fourth-order valence-electron chi connectivity index (χ4n) is 2.28. The first kappa shape index (κ1) is 17.5. The van der Waals surface area contributed by atoms with Crippen molar-refractivity contribution < 1.29 is 14.7 Å². The highest BCUT2D eigenvalue weighted by Crippen LogP contribution is 2.22. The van der Waals surface area contributed by atoms with Gasteiger partial charge < -0.3 is 16.2 Å². The maximum absolute atomic E-state index is 11.4. The summed E-state index contributed by atoms with van der Waals surface area (Å²) in [5.74, 6) is -0.908. The minimum Gasteiger partial charge on any atom is -0.481 e. The highest BCUT2D eigenvalue weighted by atomic mass is 79.9. The van der Waals surface area contributed by atoms with E-state index in [4.69, 9.17) is 10.8 Å². The van der Waals surface area contributed by atoms with Gasteiger partial charge in [-0.2, -0.15) is 0 Å². The van der Waals surface area contributed by atoms with Gasteiger partial charge >= 0.3 is 5.97 Å². The smallest absolute Gasteiger partial charge is 0.303 e. The first-order valence-corrected chi connectivity index (χ1v) is 7.64. The van der Waals surface area contributed by atoms with Gasteiger partial charge in [0, 0.05) is 23.1 Å². The van der Waals surface area contributed by atoms with Crippen molar-refractivity contribution in [1.29, 1.82) is 0 Å². The maximum atomic E-state index is 11.4. The van der Waals surface area contributed by atoms with E-state index >= 15 is 0 Å². The van der Waals surface area contributed by atoms with Gasteiger partial charge in [0.1, 0.15) is 0 Å². The lowest BCUT2D eigenvalue weighted by Crippen LogP contribution is -2.21. The largest absolute Gasteiger partial charge is 0.481 e. The number of halogens is 1. The summed E-state index contributed by atoms with van der Waals surface area (Å²) in [5.41, 5.74) is 6.38. The van der Waals surface area contributed by atoms with Crippen LogP contribution in [0.15, 0.2) is 22.7 Å². The van der Waals surface area contributed by atoms with Gasteiger partial charge in [-0.1, -0.05) is 29.8 Å². The number of hydrogen-bond donors (Lipinski definition) is 3. The number of amides is 1. The Morgan fingerprint density at radius 3 is 2.57 bits per heavy atom. The Balaban J connectivity index is 2.79. The molecule has 5 nitrogen and oxygen atoms in total. The second-order valence-electron chi connectivity index (χ2n) is 5.53. The van der Waals surface area contributed by atoms with Crippen LogP contribution in [0.4, 0.5) is 5.69 Å². The lowest BCUT2D eigenvalue weighted by atomic mass is 9.94. The van der Waals surface area contributed by atoms with Crippen LogP contribution in [0.2, 0.25) is 0 Å². The van der Waals surface area contributed by atoms with Crippen molar-refractivity contribution in [2.24, 2.45) is 17.6 Å². The molecule has 0 aliphatic rings. The Hall–Kier alpha value is -1.56. The zero-order valence-electron chi connectivity index (χ0n) is 12.2. The number of carbonyl (C=O) groups is 2. The Morgan fingerprint density at radius 1 is 1.38 bits per heavy atom. The molecule has 1 aromatic carbocycles. The molecule has 0 aliphatic carbocycles. The Labute approximate surface area is 133 Å². The highest BCUT2D eigenvalue weighted by Gasteiger charge is 2.16. The fraction of sp³-hybridized carbons (Fsp3) is 0.467. The molecule has 0 saturated carbocycles. The van der Waals surface area contributed by atoms with Crippen LogP contribution in [0.1, 0.15) is 37.0 Å². The number of nitrogens with one attached hydrogen (secondary N) is 1. The minimum atomic E-state index is -0.812. The second kappa shape index (κ2) is 8.02. The maximum Gasteiger partial charge on any atom is 0.303 e. The van der Waals surface area contributed by atoms with Crippen molar-refractivity contribution >= 4 is 33.5 Å².